The van der Waals surface area contributed by atoms with Crippen LogP contribution in [-0.4, -0.2) is 27.2 Å². The van der Waals surface area contributed by atoms with Crippen molar-refractivity contribution in [2.75, 3.05) is 0 Å². The third-order valence-corrected chi connectivity index (χ3v) is 5.01. The molecule has 2 N–H and O–H groups in total. The highest BCUT2D eigenvalue weighted by Gasteiger charge is 2.53. The number of amides is 2. The molecule has 1 saturated heterocycles. The van der Waals surface area contributed by atoms with Gasteiger partial charge in [-0.2, -0.15) is 0 Å². The van der Waals surface area contributed by atoms with Gasteiger partial charge in [0, 0.05) is 11.8 Å². The molecular formula is C13H20N2O2S. The molecule has 2 atom stereocenters. The molecule has 1 heterocycles. The van der Waals surface area contributed by atoms with Crippen LogP contribution in [0.15, 0.2) is 0 Å². The zero-order chi connectivity index (χ0) is 13.5. The molecule has 2 amide bonds. The van der Waals surface area contributed by atoms with E-state index in [0.717, 1.165) is 19.3 Å². The Hall–Kier alpha value is -0.970. The van der Waals surface area contributed by atoms with E-state index in [-0.39, 0.29) is 28.6 Å². The van der Waals surface area contributed by atoms with Crippen molar-refractivity contribution in [3.8, 4) is 0 Å². The number of carbonyl (C=O) groups is 2. The fourth-order valence-corrected chi connectivity index (χ4v) is 3.73. The lowest BCUT2D eigenvalue weighted by atomic mass is 9.85. The highest BCUT2D eigenvalue weighted by Crippen LogP contribution is 2.42. The number of carbonyl (C=O) groups excluding carboxylic acids is 2. The van der Waals surface area contributed by atoms with Crippen molar-refractivity contribution in [2.24, 2.45) is 17.6 Å². The standard InChI is InChI=1S/C13H20N2O2S/c1-3-13(4-2,12(14)18)15-10(16)8-5-6-9(7-8)11(15)17/h8-9H,3-7H2,1-2H3,(H2,14,18). The Morgan fingerprint density at radius 2 is 1.72 bits per heavy atom. The second-order valence-electron chi connectivity index (χ2n) is 5.32. The zero-order valence-corrected chi connectivity index (χ0v) is 11.8. The van der Waals surface area contributed by atoms with Crippen molar-refractivity contribution in [3.63, 3.8) is 0 Å². The normalized spacial score (nSPS) is 27.8. The summed E-state index contributed by atoms with van der Waals surface area (Å²) in [6.45, 7) is 3.86. The minimum absolute atomic E-state index is 0.000440. The molecule has 2 unspecified atom stereocenters. The predicted molar refractivity (Wildman–Crippen MR) is 72.8 cm³/mol. The van der Waals surface area contributed by atoms with Crippen molar-refractivity contribution in [3.05, 3.63) is 0 Å². The molecule has 0 aromatic carbocycles. The second kappa shape index (κ2) is 4.61. The fraction of sp³-hybridized carbons (Fsp3) is 0.769. The Bertz CT molecular complexity index is 382. The lowest BCUT2D eigenvalue weighted by Gasteiger charge is -2.44. The zero-order valence-electron chi connectivity index (χ0n) is 10.9. The predicted octanol–water partition coefficient (Wildman–Crippen LogP) is 1.62. The molecule has 2 bridgehead atoms. The van der Waals surface area contributed by atoms with Gasteiger partial charge in [-0.3, -0.25) is 14.5 Å². The van der Waals surface area contributed by atoms with E-state index in [1.54, 1.807) is 0 Å². The van der Waals surface area contributed by atoms with Crippen LogP contribution in [0, 0.1) is 11.8 Å². The molecule has 100 valence electrons. The Morgan fingerprint density at radius 1 is 1.28 bits per heavy atom. The molecule has 2 fully saturated rings. The molecule has 5 heteroatoms. The highest BCUT2D eigenvalue weighted by atomic mass is 32.1. The first-order valence-electron chi connectivity index (χ1n) is 6.65. The van der Waals surface area contributed by atoms with Crippen molar-refractivity contribution >= 4 is 29.0 Å². The number of nitrogens with zero attached hydrogens (tertiary/aromatic N) is 1. The third-order valence-electron chi connectivity index (χ3n) is 4.63. The molecule has 1 aliphatic heterocycles. The molecule has 0 radical (unpaired) electrons. The van der Waals surface area contributed by atoms with Gasteiger partial charge >= 0.3 is 0 Å². The molecule has 1 saturated carbocycles. The van der Waals surface area contributed by atoms with Crippen LogP contribution in [0.5, 0.6) is 0 Å². The van der Waals surface area contributed by atoms with Crippen LogP contribution in [0.25, 0.3) is 0 Å². The van der Waals surface area contributed by atoms with Crippen LogP contribution in [-0.2, 0) is 9.59 Å². The number of imide groups is 1. The summed E-state index contributed by atoms with van der Waals surface area (Å²) in [6.07, 6.45) is 3.56. The van der Waals surface area contributed by atoms with Gasteiger partial charge in [-0.15, -0.1) is 0 Å². The summed E-state index contributed by atoms with van der Waals surface area (Å²) >= 11 is 5.14. The van der Waals surface area contributed by atoms with Crippen LogP contribution in [0.1, 0.15) is 46.0 Å². The first kappa shape index (κ1) is 13.5. The first-order chi connectivity index (χ1) is 8.47. The Morgan fingerprint density at radius 3 is 2.06 bits per heavy atom. The van der Waals surface area contributed by atoms with Crippen LogP contribution in [0.4, 0.5) is 0 Å². The van der Waals surface area contributed by atoms with Crippen molar-refractivity contribution in [2.45, 2.75) is 51.5 Å². The van der Waals surface area contributed by atoms with Gasteiger partial charge in [0.2, 0.25) is 11.8 Å². The Labute approximate surface area is 113 Å². The average molecular weight is 268 g/mol. The van der Waals surface area contributed by atoms with Gasteiger partial charge in [0.15, 0.2) is 0 Å². The van der Waals surface area contributed by atoms with Gasteiger partial charge in [0.05, 0.1) is 10.5 Å². The third kappa shape index (κ3) is 1.67. The maximum atomic E-state index is 12.5. The summed E-state index contributed by atoms with van der Waals surface area (Å²) in [5.74, 6) is -0.130. The number of fused-ring (bicyclic) bond motifs is 2. The fourth-order valence-electron chi connectivity index (χ4n) is 3.35. The largest absolute Gasteiger partial charge is 0.391 e. The monoisotopic (exact) mass is 268 g/mol. The van der Waals surface area contributed by atoms with Gasteiger partial charge in [0.1, 0.15) is 0 Å². The van der Waals surface area contributed by atoms with Gasteiger partial charge in [-0.25, -0.2) is 0 Å². The van der Waals surface area contributed by atoms with E-state index >= 15 is 0 Å². The SMILES string of the molecule is CCC(CC)(C(N)=S)N1C(=O)C2CCC(C2)C1=O. The molecule has 0 aromatic heterocycles. The summed E-state index contributed by atoms with van der Waals surface area (Å²) in [6, 6.07) is 0. The molecule has 0 spiro atoms. The Balaban J connectivity index is 2.44. The van der Waals surface area contributed by atoms with Gasteiger partial charge in [0.25, 0.3) is 0 Å². The number of hydrogen-bond donors (Lipinski definition) is 1. The summed E-state index contributed by atoms with van der Waals surface area (Å²) in [5, 5.41) is 0. The number of likely N-dealkylation sites (tertiary alicyclic amines) is 1. The quantitative estimate of drug-likeness (QED) is 0.621. The molecular weight excluding hydrogens is 248 g/mol. The summed E-state index contributed by atoms with van der Waals surface area (Å²) in [4.78, 5) is 26.6. The lowest BCUT2D eigenvalue weighted by Crippen LogP contribution is -2.63. The number of nitrogens with two attached hydrogens (primary N) is 1. The summed E-state index contributed by atoms with van der Waals surface area (Å²) < 4.78 is 0. The first-order valence-corrected chi connectivity index (χ1v) is 7.06. The molecule has 1 aliphatic carbocycles. The Kier molecular flexibility index (Phi) is 3.45. The number of rotatable bonds is 4. The van der Waals surface area contributed by atoms with Gasteiger partial charge in [-0.05, 0) is 32.1 Å². The van der Waals surface area contributed by atoms with Gasteiger partial charge < -0.3 is 5.73 Å². The van der Waals surface area contributed by atoms with Crippen LogP contribution in [0.3, 0.4) is 0 Å². The van der Waals surface area contributed by atoms with E-state index in [2.05, 4.69) is 0 Å². The van der Waals surface area contributed by atoms with Crippen molar-refractivity contribution in [1.82, 2.24) is 4.90 Å². The van der Waals surface area contributed by atoms with E-state index in [1.807, 2.05) is 13.8 Å². The topological polar surface area (TPSA) is 63.4 Å². The molecule has 2 rings (SSSR count). The number of piperidine rings is 1. The molecule has 2 aliphatic rings. The van der Waals surface area contributed by atoms with Crippen LogP contribution in [0.2, 0.25) is 0 Å². The maximum absolute atomic E-state index is 12.5. The minimum Gasteiger partial charge on any atom is -0.391 e. The minimum atomic E-state index is -0.759. The van der Waals surface area contributed by atoms with Crippen LogP contribution < -0.4 is 5.73 Å². The average Bonchev–Trinajstić information content (AvgIpc) is 2.79. The van der Waals surface area contributed by atoms with E-state index in [0.29, 0.717) is 12.8 Å². The number of hydrogen-bond acceptors (Lipinski definition) is 3. The molecule has 0 aromatic rings. The molecule has 18 heavy (non-hydrogen) atoms. The highest BCUT2D eigenvalue weighted by molar-refractivity contribution is 7.80. The van der Waals surface area contributed by atoms with E-state index in [9.17, 15) is 9.59 Å². The molecule has 4 nitrogen and oxygen atoms in total. The van der Waals surface area contributed by atoms with Crippen molar-refractivity contribution < 1.29 is 9.59 Å². The second-order valence-corrected chi connectivity index (χ2v) is 5.76. The van der Waals surface area contributed by atoms with E-state index < -0.39 is 5.54 Å². The van der Waals surface area contributed by atoms with Crippen molar-refractivity contribution in [1.29, 1.82) is 0 Å². The summed E-state index contributed by atoms with van der Waals surface area (Å²) in [5.41, 5.74) is 5.09. The smallest absolute Gasteiger partial charge is 0.233 e. The van der Waals surface area contributed by atoms with E-state index in [1.165, 1.54) is 4.90 Å². The maximum Gasteiger partial charge on any atom is 0.233 e. The summed E-state index contributed by atoms with van der Waals surface area (Å²) in [7, 11) is 0. The van der Waals surface area contributed by atoms with Crippen LogP contribution >= 0.6 is 12.2 Å². The van der Waals surface area contributed by atoms with E-state index in [4.69, 9.17) is 18.0 Å². The number of thiocarbonyl (C=S) groups is 1. The van der Waals surface area contributed by atoms with Gasteiger partial charge in [-0.1, -0.05) is 26.1 Å². The lowest BCUT2D eigenvalue weighted by molar-refractivity contribution is -0.158.